The molecule has 26 heavy (non-hydrogen) atoms. The molecule has 3 aromatic rings. The average Bonchev–Trinajstić information content (AvgIpc) is 2.66. The molecule has 7 nitrogen and oxygen atoms in total. The number of hydrogen-bond donors (Lipinski definition) is 0. The highest BCUT2D eigenvalue weighted by Gasteiger charge is 2.16. The molecule has 0 N–H and O–H groups in total. The Labute approximate surface area is 148 Å². The lowest BCUT2D eigenvalue weighted by atomic mass is 10.1. The smallest absolute Gasteiger partial charge is 0.351 e. The summed E-state index contributed by atoms with van der Waals surface area (Å²) in [5.41, 5.74) is 0.458. The van der Waals surface area contributed by atoms with E-state index in [9.17, 15) is 9.59 Å². The molecule has 0 aliphatic heterocycles. The molecule has 1 aromatic heterocycles. The van der Waals surface area contributed by atoms with Crippen molar-refractivity contribution in [1.29, 1.82) is 0 Å². The SMILES string of the molecule is CCOC(=O)c1cc2cc(N=Nc3ccccc3)c(OC)cc2oc1=O. The molecular weight excluding hydrogens is 336 g/mol. The van der Waals surface area contributed by atoms with Crippen LogP contribution in [0.25, 0.3) is 11.0 Å². The first-order chi connectivity index (χ1) is 12.6. The number of rotatable bonds is 5. The number of esters is 1. The third-order valence-corrected chi connectivity index (χ3v) is 3.56. The molecule has 0 saturated heterocycles. The van der Waals surface area contributed by atoms with Crippen molar-refractivity contribution >= 4 is 28.3 Å². The fourth-order valence-electron chi connectivity index (χ4n) is 2.34. The molecule has 0 spiro atoms. The molecule has 0 atom stereocenters. The van der Waals surface area contributed by atoms with E-state index in [1.54, 1.807) is 13.0 Å². The summed E-state index contributed by atoms with van der Waals surface area (Å²) < 4.78 is 15.4. The van der Waals surface area contributed by atoms with E-state index in [0.29, 0.717) is 22.5 Å². The summed E-state index contributed by atoms with van der Waals surface area (Å²) >= 11 is 0. The molecule has 0 saturated carbocycles. The highest BCUT2D eigenvalue weighted by atomic mass is 16.5. The van der Waals surface area contributed by atoms with E-state index < -0.39 is 11.6 Å². The van der Waals surface area contributed by atoms with E-state index >= 15 is 0 Å². The van der Waals surface area contributed by atoms with E-state index in [1.165, 1.54) is 19.2 Å². The van der Waals surface area contributed by atoms with Crippen molar-refractivity contribution < 1.29 is 18.7 Å². The number of hydrogen-bond acceptors (Lipinski definition) is 7. The van der Waals surface area contributed by atoms with Gasteiger partial charge in [0.2, 0.25) is 0 Å². The molecular formula is C19H16N2O5. The zero-order valence-corrected chi connectivity index (χ0v) is 14.3. The zero-order chi connectivity index (χ0) is 18.5. The van der Waals surface area contributed by atoms with Crippen molar-refractivity contribution in [2.75, 3.05) is 13.7 Å². The first kappa shape index (κ1) is 17.3. The molecule has 0 unspecified atom stereocenters. The molecule has 0 bridgehead atoms. The molecule has 7 heteroatoms. The van der Waals surface area contributed by atoms with Gasteiger partial charge in [0.1, 0.15) is 22.6 Å². The van der Waals surface area contributed by atoms with Crippen LogP contribution in [0.1, 0.15) is 17.3 Å². The van der Waals surface area contributed by atoms with Gasteiger partial charge in [0, 0.05) is 11.5 Å². The Bertz CT molecular complexity index is 1030. The van der Waals surface area contributed by atoms with Crippen LogP contribution in [-0.2, 0) is 4.74 Å². The summed E-state index contributed by atoms with van der Waals surface area (Å²) in [5.74, 6) is -0.337. The standard InChI is InChI=1S/C19H16N2O5/c1-3-25-18(22)14-9-12-10-15(21-20-13-7-5-4-6-8-13)17(24-2)11-16(12)26-19(14)23/h4-11H,3H2,1-2H3. The van der Waals surface area contributed by atoms with Crippen molar-refractivity contribution in [3.8, 4) is 5.75 Å². The Morgan fingerprint density at radius 2 is 1.88 bits per heavy atom. The third kappa shape index (κ3) is 3.61. The van der Waals surface area contributed by atoms with Crippen molar-refractivity contribution in [3.63, 3.8) is 0 Å². The van der Waals surface area contributed by atoms with Crippen LogP contribution in [-0.4, -0.2) is 19.7 Å². The number of methoxy groups -OCH3 is 1. The Kier molecular flexibility index (Phi) is 5.07. The molecule has 0 amide bonds. The second-order valence-electron chi connectivity index (χ2n) is 5.27. The molecule has 3 rings (SSSR count). The number of ether oxygens (including phenoxy) is 2. The fraction of sp³-hybridized carbons (Fsp3) is 0.158. The second-order valence-corrected chi connectivity index (χ2v) is 5.27. The maximum Gasteiger partial charge on any atom is 0.351 e. The lowest BCUT2D eigenvalue weighted by Crippen LogP contribution is -2.16. The number of azo groups is 1. The number of carbonyl (C=O) groups excluding carboxylic acids is 1. The molecule has 2 aromatic carbocycles. The Morgan fingerprint density at radius 3 is 2.58 bits per heavy atom. The van der Waals surface area contributed by atoms with Gasteiger partial charge in [-0.15, -0.1) is 5.11 Å². The van der Waals surface area contributed by atoms with Crippen LogP contribution in [0.15, 0.2) is 68.0 Å². The van der Waals surface area contributed by atoms with E-state index in [4.69, 9.17) is 13.9 Å². The fourth-order valence-corrected chi connectivity index (χ4v) is 2.34. The van der Waals surface area contributed by atoms with Crippen molar-refractivity contribution in [2.24, 2.45) is 10.2 Å². The van der Waals surface area contributed by atoms with E-state index in [0.717, 1.165) is 0 Å². The molecule has 0 aliphatic rings. The van der Waals surface area contributed by atoms with Crippen molar-refractivity contribution in [2.45, 2.75) is 6.92 Å². The van der Waals surface area contributed by atoms with Crippen molar-refractivity contribution in [1.82, 2.24) is 0 Å². The monoisotopic (exact) mass is 352 g/mol. The van der Waals surface area contributed by atoms with Crippen LogP contribution in [0.2, 0.25) is 0 Å². The summed E-state index contributed by atoms with van der Waals surface area (Å²) in [6, 6.07) is 13.8. The van der Waals surface area contributed by atoms with Gasteiger partial charge >= 0.3 is 11.6 Å². The number of nitrogens with zero attached hydrogens (tertiary/aromatic N) is 2. The molecule has 1 heterocycles. The summed E-state index contributed by atoms with van der Waals surface area (Å²) in [7, 11) is 1.48. The van der Waals surface area contributed by atoms with Gasteiger partial charge in [-0.25, -0.2) is 9.59 Å². The van der Waals surface area contributed by atoms with E-state index in [2.05, 4.69) is 10.2 Å². The molecule has 0 radical (unpaired) electrons. The Hall–Kier alpha value is -3.48. The van der Waals surface area contributed by atoms with Gasteiger partial charge in [-0.2, -0.15) is 5.11 Å². The Morgan fingerprint density at radius 1 is 1.12 bits per heavy atom. The normalized spacial score (nSPS) is 11.0. The summed E-state index contributed by atoms with van der Waals surface area (Å²) in [4.78, 5) is 23.9. The van der Waals surface area contributed by atoms with E-state index in [1.807, 2.05) is 30.3 Å². The average molecular weight is 352 g/mol. The summed E-state index contributed by atoms with van der Waals surface area (Å²) in [6.07, 6.45) is 0. The quantitative estimate of drug-likeness (QED) is 0.386. The maximum absolute atomic E-state index is 12.0. The predicted molar refractivity (Wildman–Crippen MR) is 95.6 cm³/mol. The number of fused-ring (bicyclic) bond motifs is 1. The van der Waals surface area contributed by atoms with Gasteiger partial charge in [-0.1, -0.05) is 18.2 Å². The van der Waals surface area contributed by atoms with Gasteiger partial charge in [-0.05, 0) is 31.2 Å². The lowest BCUT2D eigenvalue weighted by molar-refractivity contribution is 0.0522. The Balaban J connectivity index is 2.08. The molecule has 132 valence electrons. The maximum atomic E-state index is 12.0. The van der Waals surface area contributed by atoms with Crippen LogP contribution in [0.3, 0.4) is 0 Å². The number of carbonyl (C=O) groups is 1. The third-order valence-electron chi connectivity index (χ3n) is 3.56. The lowest BCUT2D eigenvalue weighted by Gasteiger charge is -2.07. The topological polar surface area (TPSA) is 90.5 Å². The first-order valence-corrected chi connectivity index (χ1v) is 7.92. The van der Waals surface area contributed by atoms with Gasteiger partial charge in [0.15, 0.2) is 0 Å². The van der Waals surface area contributed by atoms with Crippen LogP contribution in [0.5, 0.6) is 5.75 Å². The first-order valence-electron chi connectivity index (χ1n) is 7.92. The number of benzene rings is 2. The van der Waals surface area contributed by atoms with Crippen molar-refractivity contribution in [3.05, 3.63) is 64.5 Å². The van der Waals surface area contributed by atoms with Crippen LogP contribution < -0.4 is 10.4 Å². The summed E-state index contributed by atoms with van der Waals surface area (Å²) in [5, 5.41) is 8.86. The molecule has 0 fully saturated rings. The molecule has 0 aliphatic carbocycles. The van der Waals surface area contributed by atoms with Gasteiger partial charge < -0.3 is 13.9 Å². The van der Waals surface area contributed by atoms with Gasteiger partial charge in [0.25, 0.3) is 0 Å². The van der Waals surface area contributed by atoms with Gasteiger partial charge in [-0.3, -0.25) is 0 Å². The van der Waals surface area contributed by atoms with Crippen LogP contribution >= 0.6 is 0 Å². The highest BCUT2D eigenvalue weighted by molar-refractivity contribution is 5.94. The minimum absolute atomic E-state index is 0.162. The second kappa shape index (κ2) is 7.60. The predicted octanol–water partition coefficient (Wildman–Crippen LogP) is 4.39. The highest BCUT2D eigenvalue weighted by Crippen LogP contribution is 2.33. The van der Waals surface area contributed by atoms with E-state index in [-0.39, 0.29) is 17.8 Å². The summed E-state index contributed by atoms with van der Waals surface area (Å²) in [6.45, 7) is 1.82. The zero-order valence-electron chi connectivity index (χ0n) is 14.3. The van der Waals surface area contributed by atoms with Crippen LogP contribution in [0.4, 0.5) is 11.4 Å². The van der Waals surface area contributed by atoms with Crippen LogP contribution in [0, 0.1) is 0 Å². The largest absolute Gasteiger partial charge is 0.494 e. The minimum atomic E-state index is -0.767. The minimum Gasteiger partial charge on any atom is -0.494 e. The van der Waals surface area contributed by atoms with Gasteiger partial charge in [0.05, 0.1) is 19.4 Å².